The Kier molecular flexibility index (Phi) is 5.27. The molecule has 1 aliphatic rings. The molecular formula is C16H21BrO4. The van der Waals surface area contributed by atoms with Crippen molar-refractivity contribution in [3.05, 3.63) is 28.2 Å². The predicted molar refractivity (Wildman–Crippen MR) is 83.3 cm³/mol. The Hall–Kier alpha value is -1.07. The highest BCUT2D eigenvalue weighted by molar-refractivity contribution is 9.10. The van der Waals surface area contributed by atoms with Gasteiger partial charge in [0.15, 0.2) is 0 Å². The molecule has 0 aromatic heterocycles. The zero-order valence-corrected chi connectivity index (χ0v) is 13.8. The van der Waals surface area contributed by atoms with E-state index in [1.165, 1.54) is 0 Å². The number of rotatable bonds is 5. The molecule has 0 aliphatic heterocycles. The highest BCUT2D eigenvalue weighted by atomic mass is 79.9. The summed E-state index contributed by atoms with van der Waals surface area (Å²) in [7, 11) is 0. The van der Waals surface area contributed by atoms with Crippen LogP contribution in [0, 0.1) is 17.8 Å². The normalized spacial score (nSPS) is 26.6. The van der Waals surface area contributed by atoms with Crippen molar-refractivity contribution in [1.29, 1.82) is 0 Å². The number of hydrogen-bond donors (Lipinski definition) is 2. The van der Waals surface area contributed by atoms with Crippen LogP contribution in [0.1, 0.15) is 38.4 Å². The van der Waals surface area contributed by atoms with E-state index in [1.54, 1.807) is 6.07 Å². The van der Waals surface area contributed by atoms with E-state index < -0.39 is 18.0 Å². The monoisotopic (exact) mass is 356 g/mol. The number of carboxylic acids is 1. The number of aliphatic hydroxyl groups is 1. The summed E-state index contributed by atoms with van der Waals surface area (Å²) < 4.78 is 6.17. The van der Waals surface area contributed by atoms with Crippen LogP contribution in [-0.4, -0.2) is 22.8 Å². The number of carbonyl (C=O) groups is 1. The van der Waals surface area contributed by atoms with E-state index in [2.05, 4.69) is 15.9 Å². The molecular weight excluding hydrogens is 336 g/mol. The van der Waals surface area contributed by atoms with E-state index in [9.17, 15) is 15.0 Å². The molecule has 4 atom stereocenters. The Balaban J connectivity index is 2.22. The molecule has 0 spiro atoms. The summed E-state index contributed by atoms with van der Waals surface area (Å²) in [6.45, 7) is 4.53. The van der Waals surface area contributed by atoms with Gasteiger partial charge in [-0.2, -0.15) is 0 Å². The number of halogens is 1. The third-order valence-corrected chi connectivity index (χ3v) is 4.86. The average Bonchev–Trinajstić information content (AvgIpc) is 2.81. The number of aliphatic carboxylic acids is 1. The SMILES string of the molecule is CCOc1ccc(C(O)C2CC(C)CC2C(=O)O)c(Br)c1. The molecule has 1 saturated carbocycles. The molecule has 0 radical (unpaired) electrons. The standard InChI is InChI=1S/C16H21BrO4/c1-3-21-10-4-5-11(14(17)8-10)15(18)12-6-9(2)7-13(12)16(19)20/h4-5,8-9,12-13,15,18H,3,6-7H2,1-2H3,(H,19,20). The van der Waals surface area contributed by atoms with Gasteiger partial charge >= 0.3 is 5.97 Å². The number of aliphatic hydroxyl groups excluding tert-OH is 1. The van der Waals surface area contributed by atoms with Crippen molar-refractivity contribution in [1.82, 2.24) is 0 Å². The first-order valence-corrected chi connectivity index (χ1v) is 8.06. The summed E-state index contributed by atoms with van der Waals surface area (Å²) in [5.74, 6) is -0.479. The minimum absolute atomic E-state index is 0.244. The summed E-state index contributed by atoms with van der Waals surface area (Å²) in [5.41, 5.74) is 0.726. The maximum atomic E-state index is 11.4. The van der Waals surface area contributed by atoms with Crippen LogP contribution in [0.2, 0.25) is 0 Å². The van der Waals surface area contributed by atoms with E-state index in [0.717, 1.165) is 22.2 Å². The van der Waals surface area contributed by atoms with Crippen LogP contribution in [-0.2, 0) is 4.79 Å². The zero-order chi connectivity index (χ0) is 15.6. The lowest BCUT2D eigenvalue weighted by Crippen LogP contribution is -2.24. The van der Waals surface area contributed by atoms with Gasteiger partial charge in [0.05, 0.1) is 18.6 Å². The Bertz CT molecular complexity index is 517. The highest BCUT2D eigenvalue weighted by Crippen LogP contribution is 2.45. The van der Waals surface area contributed by atoms with Gasteiger partial charge in [0, 0.05) is 10.4 Å². The fraction of sp³-hybridized carbons (Fsp3) is 0.562. The predicted octanol–water partition coefficient (Wildman–Crippen LogP) is 3.63. The third-order valence-electron chi connectivity index (χ3n) is 4.17. The van der Waals surface area contributed by atoms with Gasteiger partial charge in [-0.25, -0.2) is 0 Å². The van der Waals surface area contributed by atoms with Crippen LogP contribution in [0.4, 0.5) is 0 Å². The summed E-state index contributed by atoms with van der Waals surface area (Å²) in [4.78, 5) is 11.4. The Morgan fingerprint density at radius 1 is 1.48 bits per heavy atom. The number of hydrogen-bond acceptors (Lipinski definition) is 3. The van der Waals surface area contributed by atoms with Crippen molar-refractivity contribution in [3.63, 3.8) is 0 Å². The number of carboxylic acid groups (broad SMARTS) is 1. The van der Waals surface area contributed by atoms with Crippen molar-refractivity contribution in [2.45, 2.75) is 32.8 Å². The second kappa shape index (κ2) is 6.79. The molecule has 1 fully saturated rings. The molecule has 4 nitrogen and oxygen atoms in total. The lowest BCUT2D eigenvalue weighted by molar-refractivity contribution is -0.144. The van der Waals surface area contributed by atoms with E-state index in [-0.39, 0.29) is 5.92 Å². The molecule has 21 heavy (non-hydrogen) atoms. The lowest BCUT2D eigenvalue weighted by atomic mass is 9.87. The summed E-state index contributed by atoms with van der Waals surface area (Å²) in [6, 6.07) is 5.43. The number of benzene rings is 1. The highest BCUT2D eigenvalue weighted by Gasteiger charge is 2.41. The van der Waals surface area contributed by atoms with Crippen LogP contribution < -0.4 is 4.74 Å². The maximum absolute atomic E-state index is 11.4. The van der Waals surface area contributed by atoms with Gasteiger partial charge in [-0.3, -0.25) is 4.79 Å². The maximum Gasteiger partial charge on any atom is 0.306 e. The first kappa shape index (κ1) is 16.3. The molecule has 5 heteroatoms. The smallest absolute Gasteiger partial charge is 0.306 e. The minimum Gasteiger partial charge on any atom is -0.494 e. The first-order valence-electron chi connectivity index (χ1n) is 7.27. The minimum atomic E-state index is -0.814. The van der Waals surface area contributed by atoms with Gasteiger partial charge in [0.1, 0.15) is 5.75 Å². The molecule has 0 saturated heterocycles. The lowest BCUT2D eigenvalue weighted by Gasteiger charge is -2.23. The summed E-state index contributed by atoms with van der Waals surface area (Å²) >= 11 is 3.45. The average molecular weight is 357 g/mol. The van der Waals surface area contributed by atoms with Crippen molar-refractivity contribution in [2.75, 3.05) is 6.61 Å². The quantitative estimate of drug-likeness (QED) is 0.845. The van der Waals surface area contributed by atoms with Crippen molar-refractivity contribution in [3.8, 4) is 5.75 Å². The van der Waals surface area contributed by atoms with Crippen LogP contribution in [0.5, 0.6) is 5.75 Å². The topological polar surface area (TPSA) is 66.8 Å². The van der Waals surface area contributed by atoms with Crippen LogP contribution in [0.15, 0.2) is 22.7 Å². The fourth-order valence-corrected chi connectivity index (χ4v) is 3.79. The Morgan fingerprint density at radius 2 is 2.19 bits per heavy atom. The van der Waals surface area contributed by atoms with E-state index in [0.29, 0.717) is 18.9 Å². The van der Waals surface area contributed by atoms with Crippen molar-refractivity contribution in [2.24, 2.45) is 17.8 Å². The van der Waals surface area contributed by atoms with E-state index in [4.69, 9.17) is 4.74 Å². The molecule has 4 unspecified atom stereocenters. The molecule has 0 heterocycles. The molecule has 0 amide bonds. The summed E-state index contributed by atoms with van der Waals surface area (Å²) in [6.07, 6.45) is 0.588. The van der Waals surface area contributed by atoms with Gasteiger partial charge in [-0.05, 0) is 43.4 Å². The van der Waals surface area contributed by atoms with Gasteiger partial charge in [-0.15, -0.1) is 0 Å². The van der Waals surface area contributed by atoms with Crippen LogP contribution in [0.3, 0.4) is 0 Å². The molecule has 2 rings (SSSR count). The second-order valence-electron chi connectivity index (χ2n) is 5.75. The largest absolute Gasteiger partial charge is 0.494 e. The fourth-order valence-electron chi connectivity index (χ4n) is 3.20. The molecule has 2 N–H and O–H groups in total. The van der Waals surface area contributed by atoms with Gasteiger partial charge in [0.2, 0.25) is 0 Å². The number of ether oxygens (including phenoxy) is 1. The van der Waals surface area contributed by atoms with Crippen LogP contribution in [0.25, 0.3) is 0 Å². The van der Waals surface area contributed by atoms with Crippen molar-refractivity contribution >= 4 is 21.9 Å². The van der Waals surface area contributed by atoms with E-state index >= 15 is 0 Å². The Labute approximate surface area is 133 Å². The van der Waals surface area contributed by atoms with Gasteiger partial charge in [0.25, 0.3) is 0 Å². The zero-order valence-electron chi connectivity index (χ0n) is 12.3. The molecule has 116 valence electrons. The molecule has 1 aliphatic carbocycles. The van der Waals surface area contributed by atoms with Gasteiger partial charge in [-0.1, -0.05) is 28.9 Å². The molecule has 0 bridgehead atoms. The third kappa shape index (κ3) is 3.58. The first-order chi connectivity index (χ1) is 9.93. The Morgan fingerprint density at radius 3 is 2.76 bits per heavy atom. The van der Waals surface area contributed by atoms with Gasteiger partial charge < -0.3 is 14.9 Å². The second-order valence-corrected chi connectivity index (χ2v) is 6.60. The van der Waals surface area contributed by atoms with E-state index in [1.807, 2.05) is 26.0 Å². The molecule has 1 aromatic rings. The van der Waals surface area contributed by atoms with Crippen LogP contribution >= 0.6 is 15.9 Å². The van der Waals surface area contributed by atoms with Crippen molar-refractivity contribution < 1.29 is 19.7 Å². The summed E-state index contributed by atoms with van der Waals surface area (Å²) in [5, 5.41) is 20.0. The molecule has 1 aromatic carbocycles.